The van der Waals surface area contributed by atoms with Gasteiger partial charge in [-0.2, -0.15) is 10.3 Å². The molecule has 6 nitrogen and oxygen atoms in total. The van der Waals surface area contributed by atoms with Crippen molar-refractivity contribution in [2.24, 2.45) is 7.05 Å². The summed E-state index contributed by atoms with van der Waals surface area (Å²) in [5.41, 5.74) is 0.826. The second kappa shape index (κ2) is 2.52. The zero-order valence-electron chi connectivity index (χ0n) is 6.30. The van der Waals surface area contributed by atoms with Gasteiger partial charge < -0.3 is 0 Å². The summed E-state index contributed by atoms with van der Waals surface area (Å²) in [6.07, 6.45) is 3.49. The van der Waals surface area contributed by atoms with Gasteiger partial charge in [-0.05, 0) is 12.2 Å². The van der Waals surface area contributed by atoms with E-state index in [-0.39, 0.29) is 0 Å². The van der Waals surface area contributed by atoms with Gasteiger partial charge in [0.25, 0.3) is 0 Å². The maximum atomic E-state index is 4.90. The highest BCUT2D eigenvalue weighted by Gasteiger charge is 2.00. The number of rotatable bonds is 1. The molecular weight excluding hydrogens is 176 g/mol. The summed E-state index contributed by atoms with van der Waals surface area (Å²) >= 11 is 4.90. The predicted octanol–water partition coefficient (Wildman–Crippen LogP) is 0.0584. The number of aryl methyl sites for hydroxylation is 1. The largest absolute Gasteiger partial charge is 0.274 e. The Morgan fingerprint density at radius 2 is 2.42 bits per heavy atom. The topological polar surface area (TPSA) is 64.3 Å². The van der Waals surface area contributed by atoms with Gasteiger partial charge in [0.05, 0.1) is 12.4 Å². The molecule has 2 heterocycles. The maximum absolute atomic E-state index is 4.90. The number of tetrazole rings is 1. The minimum absolute atomic E-state index is 0.392. The molecule has 0 spiro atoms. The molecule has 0 aliphatic rings. The van der Waals surface area contributed by atoms with Crippen LogP contribution in [0.2, 0.25) is 0 Å². The van der Waals surface area contributed by atoms with Gasteiger partial charge in [-0.25, -0.2) is 4.68 Å². The van der Waals surface area contributed by atoms with Crippen molar-refractivity contribution in [3.05, 3.63) is 17.2 Å². The van der Waals surface area contributed by atoms with E-state index in [0.29, 0.717) is 4.77 Å². The number of aromatic nitrogens is 6. The quantitative estimate of drug-likeness (QED) is 0.633. The fourth-order valence-electron chi connectivity index (χ4n) is 0.889. The van der Waals surface area contributed by atoms with Crippen molar-refractivity contribution in [1.82, 2.24) is 30.0 Å². The van der Waals surface area contributed by atoms with Crippen LogP contribution in [0.4, 0.5) is 0 Å². The van der Waals surface area contributed by atoms with Gasteiger partial charge in [-0.1, -0.05) is 10.3 Å². The number of hydrogen-bond donors (Lipinski definition) is 1. The molecule has 0 atom stereocenters. The zero-order chi connectivity index (χ0) is 8.55. The van der Waals surface area contributed by atoms with Crippen LogP contribution >= 0.6 is 12.2 Å². The van der Waals surface area contributed by atoms with Crippen molar-refractivity contribution < 1.29 is 0 Å². The van der Waals surface area contributed by atoms with Crippen LogP contribution in [0.1, 0.15) is 0 Å². The van der Waals surface area contributed by atoms with Gasteiger partial charge in [0.15, 0.2) is 0 Å². The van der Waals surface area contributed by atoms with Crippen LogP contribution in [0.3, 0.4) is 0 Å². The first-order valence-corrected chi connectivity index (χ1v) is 3.67. The Labute approximate surface area is 72.8 Å². The number of hydrogen-bond acceptors (Lipinski definition) is 4. The van der Waals surface area contributed by atoms with E-state index in [2.05, 4.69) is 20.6 Å². The number of H-pyrrole nitrogens is 1. The number of aromatic amines is 1. The Hall–Kier alpha value is -1.50. The molecule has 2 rings (SSSR count). The molecule has 0 radical (unpaired) electrons. The SMILES string of the molecule is Cn1cc(-n2[nH]nnc2=S)cn1. The lowest BCUT2D eigenvalue weighted by Gasteiger charge is -1.91. The maximum Gasteiger partial charge on any atom is 0.243 e. The Balaban J connectivity index is 2.58. The van der Waals surface area contributed by atoms with Crippen LogP contribution in [-0.2, 0) is 7.05 Å². The van der Waals surface area contributed by atoms with Crippen molar-refractivity contribution in [2.45, 2.75) is 0 Å². The van der Waals surface area contributed by atoms with Gasteiger partial charge in [0, 0.05) is 7.05 Å². The lowest BCUT2D eigenvalue weighted by molar-refractivity contribution is 0.761. The molecule has 12 heavy (non-hydrogen) atoms. The summed E-state index contributed by atoms with van der Waals surface area (Å²) in [6, 6.07) is 0. The van der Waals surface area contributed by atoms with E-state index in [9.17, 15) is 0 Å². The van der Waals surface area contributed by atoms with Crippen molar-refractivity contribution in [1.29, 1.82) is 0 Å². The molecule has 2 aromatic heterocycles. The summed E-state index contributed by atoms with van der Waals surface area (Å²) in [5.74, 6) is 0. The smallest absolute Gasteiger partial charge is 0.243 e. The van der Waals surface area contributed by atoms with E-state index in [1.807, 2.05) is 13.2 Å². The van der Waals surface area contributed by atoms with E-state index in [0.717, 1.165) is 5.69 Å². The molecule has 0 aliphatic carbocycles. The first kappa shape index (κ1) is 7.17. The Kier molecular flexibility index (Phi) is 1.51. The molecule has 1 N–H and O–H groups in total. The van der Waals surface area contributed by atoms with Crippen LogP contribution in [0.25, 0.3) is 5.69 Å². The Bertz CT molecular complexity index is 436. The van der Waals surface area contributed by atoms with Crippen molar-refractivity contribution in [2.75, 3.05) is 0 Å². The molecule has 0 aliphatic heterocycles. The monoisotopic (exact) mass is 182 g/mol. The summed E-state index contributed by atoms with van der Waals surface area (Å²) in [5, 5.41) is 13.8. The van der Waals surface area contributed by atoms with Gasteiger partial charge in [-0.3, -0.25) is 4.68 Å². The molecule has 0 saturated carbocycles. The van der Waals surface area contributed by atoms with Crippen LogP contribution < -0.4 is 0 Å². The Morgan fingerprint density at radius 3 is 2.92 bits per heavy atom. The summed E-state index contributed by atoms with van der Waals surface area (Å²) < 4.78 is 3.64. The van der Waals surface area contributed by atoms with E-state index in [1.165, 1.54) is 0 Å². The predicted molar refractivity (Wildman–Crippen MR) is 43.3 cm³/mol. The molecule has 2 aromatic rings. The van der Waals surface area contributed by atoms with E-state index >= 15 is 0 Å². The molecule has 0 fully saturated rings. The van der Waals surface area contributed by atoms with Crippen molar-refractivity contribution in [3.63, 3.8) is 0 Å². The molecule has 7 heteroatoms. The summed E-state index contributed by atoms with van der Waals surface area (Å²) in [7, 11) is 1.83. The summed E-state index contributed by atoms with van der Waals surface area (Å²) in [6.45, 7) is 0. The average Bonchev–Trinajstić information content (AvgIpc) is 2.58. The minimum Gasteiger partial charge on any atom is -0.274 e. The highest BCUT2D eigenvalue weighted by Crippen LogP contribution is 2.01. The highest BCUT2D eigenvalue weighted by atomic mass is 32.1. The molecule has 0 aromatic carbocycles. The second-order valence-corrected chi connectivity index (χ2v) is 2.66. The minimum atomic E-state index is 0.392. The molecule has 0 unspecified atom stereocenters. The second-order valence-electron chi connectivity index (χ2n) is 2.29. The van der Waals surface area contributed by atoms with Crippen LogP contribution in [-0.4, -0.2) is 30.0 Å². The van der Waals surface area contributed by atoms with Gasteiger partial charge in [-0.15, -0.1) is 0 Å². The first-order valence-electron chi connectivity index (χ1n) is 3.26. The van der Waals surface area contributed by atoms with Gasteiger partial charge in [0.2, 0.25) is 4.77 Å². The van der Waals surface area contributed by atoms with E-state index < -0.39 is 0 Å². The average molecular weight is 182 g/mol. The third-order valence-corrected chi connectivity index (χ3v) is 1.69. The van der Waals surface area contributed by atoms with Crippen molar-refractivity contribution in [3.8, 4) is 5.69 Å². The lowest BCUT2D eigenvalue weighted by Crippen LogP contribution is -1.94. The van der Waals surface area contributed by atoms with Crippen molar-refractivity contribution >= 4 is 12.2 Å². The number of nitrogens with zero attached hydrogens (tertiary/aromatic N) is 5. The van der Waals surface area contributed by atoms with Crippen LogP contribution in [0.5, 0.6) is 0 Å². The normalized spacial score (nSPS) is 10.4. The standard InChI is InChI=1S/C5H6N6S/c1-10-3-4(2-6-10)11-5(12)7-8-9-11/h2-3H,1H3,(H,7,9,12). The molecule has 0 amide bonds. The lowest BCUT2D eigenvalue weighted by atomic mass is 10.6. The fourth-order valence-corrected chi connectivity index (χ4v) is 1.08. The van der Waals surface area contributed by atoms with Gasteiger partial charge >= 0.3 is 0 Å². The molecule has 0 bridgehead atoms. The third-order valence-electron chi connectivity index (χ3n) is 1.42. The summed E-state index contributed by atoms with van der Waals surface area (Å²) in [4.78, 5) is 0. The van der Waals surface area contributed by atoms with Crippen LogP contribution in [0, 0.1) is 4.77 Å². The fraction of sp³-hybridized carbons (Fsp3) is 0.200. The first-order chi connectivity index (χ1) is 5.77. The van der Waals surface area contributed by atoms with E-state index in [1.54, 1.807) is 15.6 Å². The molecule has 62 valence electrons. The zero-order valence-corrected chi connectivity index (χ0v) is 7.12. The number of nitrogens with one attached hydrogen (secondary N) is 1. The Morgan fingerprint density at radius 1 is 1.58 bits per heavy atom. The third kappa shape index (κ3) is 1.03. The highest BCUT2D eigenvalue weighted by molar-refractivity contribution is 7.71. The molecule has 0 saturated heterocycles. The van der Waals surface area contributed by atoms with E-state index in [4.69, 9.17) is 12.2 Å². The van der Waals surface area contributed by atoms with Crippen LogP contribution in [0.15, 0.2) is 12.4 Å². The molecular formula is C5H6N6S. The van der Waals surface area contributed by atoms with Gasteiger partial charge in [0.1, 0.15) is 5.69 Å².